The summed E-state index contributed by atoms with van der Waals surface area (Å²) in [5.41, 5.74) is 2.58. The van der Waals surface area contributed by atoms with Crippen molar-refractivity contribution in [2.45, 2.75) is 0 Å². The number of para-hydroxylation sites is 2. The molecule has 0 atom stereocenters. The third kappa shape index (κ3) is 4.19. The number of nitrogens with zero attached hydrogens (tertiary/aromatic N) is 3. The lowest BCUT2D eigenvalue weighted by Crippen LogP contribution is -2.27. The van der Waals surface area contributed by atoms with E-state index in [1.165, 1.54) is 24.3 Å². The Morgan fingerprint density at radius 2 is 1.39 bits per heavy atom. The predicted octanol–water partition coefficient (Wildman–Crippen LogP) is 4.33. The van der Waals surface area contributed by atoms with E-state index in [1.807, 2.05) is 40.1 Å². The van der Waals surface area contributed by atoms with E-state index < -0.39 is 11.6 Å². The molecule has 6 nitrogen and oxygen atoms in total. The van der Waals surface area contributed by atoms with Gasteiger partial charge in [-0.25, -0.2) is 4.39 Å². The highest BCUT2D eigenvalue weighted by Crippen LogP contribution is 2.40. The van der Waals surface area contributed by atoms with Crippen LogP contribution in [-0.4, -0.2) is 32.3 Å². The van der Waals surface area contributed by atoms with Gasteiger partial charge < -0.3 is 14.5 Å². The number of hydrogen-bond acceptors (Lipinski definition) is 6. The lowest BCUT2D eigenvalue weighted by Gasteiger charge is -2.20. The molecular weight excluding hydrogens is 421 g/mol. The molecule has 0 spiro atoms. The molecule has 7 heteroatoms. The van der Waals surface area contributed by atoms with Gasteiger partial charge in [0.1, 0.15) is 29.0 Å². The van der Waals surface area contributed by atoms with Crippen LogP contribution in [0.25, 0.3) is 0 Å². The van der Waals surface area contributed by atoms with Crippen molar-refractivity contribution in [3.63, 3.8) is 0 Å². The first kappa shape index (κ1) is 21.8. The summed E-state index contributed by atoms with van der Waals surface area (Å²) in [6.45, 7) is -0.324. The van der Waals surface area contributed by atoms with Gasteiger partial charge in [-0.1, -0.05) is 12.1 Å². The van der Waals surface area contributed by atoms with E-state index in [1.54, 1.807) is 38.4 Å². The van der Waals surface area contributed by atoms with Crippen LogP contribution in [0.4, 0.5) is 15.8 Å². The van der Waals surface area contributed by atoms with Crippen molar-refractivity contribution in [3.8, 4) is 11.8 Å². The molecule has 0 unspecified atom stereocenters. The normalized spacial score (nSPS) is 12.2. The first-order valence-corrected chi connectivity index (χ1v) is 10.2. The minimum Gasteiger partial charge on any atom is -0.485 e. The molecule has 1 aliphatic rings. The molecule has 0 radical (unpaired) electrons. The van der Waals surface area contributed by atoms with Crippen LogP contribution in [0.5, 0.6) is 5.75 Å². The Balaban J connectivity index is 1.46. The Morgan fingerprint density at radius 3 is 1.91 bits per heavy atom. The third-order valence-electron chi connectivity index (χ3n) is 5.45. The van der Waals surface area contributed by atoms with Crippen LogP contribution < -0.4 is 14.5 Å². The topological polar surface area (TPSA) is 73.6 Å². The van der Waals surface area contributed by atoms with Gasteiger partial charge in [0.15, 0.2) is 12.4 Å². The van der Waals surface area contributed by atoms with Gasteiger partial charge in [-0.3, -0.25) is 9.59 Å². The molecule has 0 aromatic heterocycles. The average molecular weight is 441 g/mol. The van der Waals surface area contributed by atoms with E-state index in [0.717, 1.165) is 11.4 Å². The number of ketones is 2. The van der Waals surface area contributed by atoms with Gasteiger partial charge in [0.05, 0.1) is 11.4 Å². The zero-order chi connectivity index (χ0) is 23.5. The van der Waals surface area contributed by atoms with E-state index in [0.29, 0.717) is 22.7 Å². The number of halogens is 1. The molecule has 164 valence electrons. The first-order valence-electron chi connectivity index (χ1n) is 10.2. The van der Waals surface area contributed by atoms with Crippen LogP contribution in [0, 0.1) is 17.1 Å². The van der Waals surface area contributed by atoms with Crippen molar-refractivity contribution in [2.24, 2.45) is 0 Å². The fraction of sp³-hybridized carbons (Fsp3) is 0.115. The number of fused-ring (bicyclic) bond motifs is 1. The van der Waals surface area contributed by atoms with Gasteiger partial charge >= 0.3 is 0 Å². The minimum atomic E-state index is -0.453. The van der Waals surface area contributed by atoms with E-state index >= 15 is 0 Å². The van der Waals surface area contributed by atoms with Crippen molar-refractivity contribution in [1.82, 2.24) is 0 Å². The van der Waals surface area contributed by atoms with Gasteiger partial charge in [-0.15, -0.1) is 0 Å². The summed E-state index contributed by atoms with van der Waals surface area (Å²) in [4.78, 5) is 28.9. The molecule has 3 aromatic rings. The highest BCUT2D eigenvalue weighted by Gasteiger charge is 2.31. The van der Waals surface area contributed by atoms with Crippen LogP contribution in [0.2, 0.25) is 0 Å². The van der Waals surface area contributed by atoms with Crippen molar-refractivity contribution in [3.05, 3.63) is 101 Å². The van der Waals surface area contributed by atoms with Gasteiger partial charge in [0.2, 0.25) is 5.78 Å². The Bertz CT molecular complexity index is 1260. The SMILES string of the molecule is CN1C(=C(C#N)C(=O)COc2ccc(C(=O)c3ccc(F)cc3)cc2)N(C)c2ccccc21. The fourth-order valence-electron chi connectivity index (χ4n) is 3.75. The van der Waals surface area contributed by atoms with Gasteiger partial charge in [0, 0.05) is 25.2 Å². The predicted molar refractivity (Wildman–Crippen MR) is 123 cm³/mol. The van der Waals surface area contributed by atoms with Crippen LogP contribution >= 0.6 is 0 Å². The zero-order valence-corrected chi connectivity index (χ0v) is 18.1. The molecule has 1 aliphatic heterocycles. The number of hydrogen-bond donors (Lipinski definition) is 0. The molecule has 0 amide bonds. The van der Waals surface area contributed by atoms with E-state index in [-0.39, 0.29) is 18.0 Å². The molecule has 0 N–H and O–H groups in total. The minimum absolute atomic E-state index is 0.000641. The van der Waals surface area contributed by atoms with Gasteiger partial charge in [-0.2, -0.15) is 5.26 Å². The number of carbonyl (C=O) groups is 2. The Hall–Kier alpha value is -4.44. The molecule has 3 aromatic carbocycles. The zero-order valence-electron chi connectivity index (χ0n) is 18.1. The number of anilines is 2. The standard InChI is InChI=1S/C26H20FN3O3/c1-29-22-5-3-4-6-23(22)30(2)26(29)21(15-28)24(31)16-33-20-13-9-18(10-14-20)25(32)17-7-11-19(27)12-8-17/h3-14H,16H2,1-2H3. The smallest absolute Gasteiger partial charge is 0.214 e. The number of rotatable bonds is 6. The lowest BCUT2D eigenvalue weighted by molar-refractivity contribution is -0.117. The van der Waals surface area contributed by atoms with Gasteiger partial charge in [-0.05, 0) is 60.7 Å². The monoisotopic (exact) mass is 441 g/mol. The molecule has 4 rings (SSSR count). The second-order valence-corrected chi connectivity index (χ2v) is 7.49. The maximum absolute atomic E-state index is 13.1. The summed E-state index contributed by atoms with van der Waals surface area (Å²) < 4.78 is 18.6. The number of Topliss-reactive ketones (excluding diaryl/α,β-unsaturated/α-hetero) is 1. The number of carbonyl (C=O) groups excluding carboxylic acids is 2. The molecule has 0 saturated heterocycles. The van der Waals surface area contributed by atoms with Gasteiger partial charge in [0.25, 0.3) is 0 Å². The number of benzene rings is 3. The molecule has 33 heavy (non-hydrogen) atoms. The summed E-state index contributed by atoms with van der Waals surface area (Å²) in [5, 5.41) is 9.69. The van der Waals surface area contributed by atoms with Crippen molar-refractivity contribution < 1.29 is 18.7 Å². The maximum atomic E-state index is 13.1. The van der Waals surface area contributed by atoms with Crippen molar-refractivity contribution in [1.29, 1.82) is 5.26 Å². The molecule has 0 bridgehead atoms. The second-order valence-electron chi connectivity index (χ2n) is 7.49. The number of nitriles is 1. The van der Waals surface area contributed by atoms with E-state index in [2.05, 4.69) is 0 Å². The Kier molecular flexibility index (Phi) is 5.92. The van der Waals surface area contributed by atoms with E-state index in [9.17, 15) is 19.2 Å². The highest BCUT2D eigenvalue weighted by atomic mass is 19.1. The molecule has 0 saturated carbocycles. The summed E-state index contributed by atoms with van der Waals surface area (Å²) in [7, 11) is 3.61. The van der Waals surface area contributed by atoms with E-state index in [4.69, 9.17) is 4.74 Å². The quantitative estimate of drug-likeness (QED) is 0.322. The largest absolute Gasteiger partial charge is 0.485 e. The maximum Gasteiger partial charge on any atom is 0.214 e. The third-order valence-corrected chi connectivity index (χ3v) is 5.45. The molecule has 0 aliphatic carbocycles. The second kappa shape index (κ2) is 8.97. The van der Waals surface area contributed by atoms with Crippen molar-refractivity contribution >= 4 is 22.9 Å². The summed E-state index contributed by atoms with van der Waals surface area (Å²) in [5.74, 6) is -0.234. The Morgan fingerprint density at radius 1 is 0.879 bits per heavy atom. The fourth-order valence-corrected chi connectivity index (χ4v) is 3.75. The Labute approximate surface area is 190 Å². The average Bonchev–Trinajstić information content (AvgIpc) is 3.09. The molecular formula is C26H20FN3O3. The summed E-state index contributed by atoms with van der Waals surface area (Å²) in [6, 6.07) is 21.3. The van der Waals surface area contributed by atoms with Crippen LogP contribution in [0.1, 0.15) is 15.9 Å². The highest BCUT2D eigenvalue weighted by molar-refractivity contribution is 6.09. The molecule has 0 fully saturated rings. The van der Waals surface area contributed by atoms with Crippen LogP contribution in [0.15, 0.2) is 84.2 Å². The summed E-state index contributed by atoms with van der Waals surface area (Å²) >= 11 is 0. The van der Waals surface area contributed by atoms with Crippen LogP contribution in [0.3, 0.4) is 0 Å². The first-order chi connectivity index (χ1) is 15.9. The summed E-state index contributed by atoms with van der Waals surface area (Å²) in [6.07, 6.45) is 0. The molecule has 1 heterocycles. The lowest BCUT2D eigenvalue weighted by atomic mass is 10.0. The van der Waals surface area contributed by atoms with Crippen LogP contribution in [-0.2, 0) is 4.79 Å². The van der Waals surface area contributed by atoms with Crippen molar-refractivity contribution in [2.75, 3.05) is 30.5 Å². The number of ether oxygens (including phenoxy) is 1.